The zero-order valence-electron chi connectivity index (χ0n) is 12.3. The maximum Gasteiger partial charge on any atom is 0.143 e. The minimum atomic E-state index is -0.275. The van der Waals surface area contributed by atoms with E-state index in [0.29, 0.717) is 12.2 Å². The van der Waals surface area contributed by atoms with E-state index in [0.717, 1.165) is 23.5 Å². The van der Waals surface area contributed by atoms with Crippen molar-refractivity contribution in [2.45, 2.75) is 26.0 Å². The van der Waals surface area contributed by atoms with Crippen LogP contribution in [-0.2, 0) is 6.54 Å². The minimum absolute atomic E-state index is 0.217. The summed E-state index contributed by atoms with van der Waals surface area (Å²) in [4.78, 5) is 2.22. The summed E-state index contributed by atoms with van der Waals surface area (Å²) in [6.07, 6.45) is 0. The van der Waals surface area contributed by atoms with Crippen LogP contribution in [0.4, 0.5) is 15.8 Å². The third-order valence-corrected chi connectivity index (χ3v) is 3.57. The van der Waals surface area contributed by atoms with Crippen molar-refractivity contribution in [1.82, 2.24) is 0 Å². The first-order chi connectivity index (χ1) is 9.93. The molecule has 0 atom stereocenters. The second-order valence-corrected chi connectivity index (χ2v) is 6.07. The van der Waals surface area contributed by atoms with Gasteiger partial charge < -0.3 is 15.4 Å². The summed E-state index contributed by atoms with van der Waals surface area (Å²) >= 11 is 0. The number of benzene rings is 2. The van der Waals surface area contributed by atoms with E-state index in [4.69, 9.17) is 10.5 Å². The second kappa shape index (κ2) is 4.95. The number of hydrogen-bond donors (Lipinski definition) is 1. The molecule has 0 aromatic heterocycles. The highest BCUT2D eigenvalue weighted by molar-refractivity contribution is 5.66. The predicted molar refractivity (Wildman–Crippen MR) is 83.0 cm³/mol. The van der Waals surface area contributed by atoms with Crippen LogP contribution < -0.4 is 15.4 Å². The van der Waals surface area contributed by atoms with Crippen molar-refractivity contribution in [2.75, 3.05) is 17.2 Å². The summed E-state index contributed by atoms with van der Waals surface area (Å²) in [5.74, 6) is 0.619. The molecule has 0 spiro atoms. The summed E-state index contributed by atoms with van der Waals surface area (Å²) in [6.45, 7) is 5.57. The van der Waals surface area contributed by atoms with Crippen molar-refractivity contribution in [3.8, 4) is 5.75 Å². The van der Waals surface area contributed by atoms with Crippen LogP contribution in [0.25, 0.3) is 0 Å². The quantitative estimate of drug-likeness (QED) is 0.857. The van der Waals surface area contributed by atoms with Gasteiger partial charge in [0.05, 0.1) is 12.2 Å². The minimum Gasteiger partial charge on any atom is -0.484 e. The van der Waals surface area contributed by atoms with Gasteiger partial charge in [0.15, 0.2) is 0 Å². The van der Waals surface area contributed by atoms with Crippen LogP contribution in [0.3, 0.4) is 0 Å². The molecule has 1 aliphatic heterocycles. The molecule has 1 heterocycles. The number of halogens is 1. The highest BCUT2D eigenvalue weighted by Crippen LogP contribution is 2.38. The monoisotopic (exact) mass is 286 g/mol. The fourth-order valence-electron chi connectivity index (χ4n) is 2.69. The fourth-order valence-corrected chi connectivity index (χ4v) is 2.69. The van der Waals surface area contributed by atoms with E-state index >= 15 is 0 Å². The van der Waals surface area contributed by atoms with E-state index in [-0.39, 0.29) is 11.4 Å². The lowest BCUT2D eigenvalue weighted by molar-refractivity contribution is 0.104. The number of nitrogen functional groups attached to an aromatic ring is 1. The highest BCUT2D eigenvalue weighted by atomic mass is 19.1. The van der Waals surface area contributed by atoms with E-state index < -0.39 is 0 Å². The highest BCUT2D eigenvalue weighted by Gasteiger charge is 2.31. The molecule has 0 radical (unpaired) electrons. The number of anilines is 2. The molecule has 0 saturated heterocycles. The lowest BCUT2D eigenvalue weighted by atomic mass is 10.0. The van der Waals surface area contributed by atoms with Crippen LogP contribution in [0.1, 0.15) is 19.4 Å². The van der Waals surface area contributed by atoms with E-state index in [1.54, 1.807) is 0 Å². The van der Waals surface area contributed by atoms with Gasteiger partial charge in [0.2, 0.25) is 0 Å². The molecule has 1 aliphatic rings. The van der Waals surface area contributed by atoms with Gasteiger partial charge in [-0.1, -0.05) is 12.1 Å². The SMILES string of the molecule is CC1(C)CN(Cc2ccc(F)cc2)c2cc(N)ccc2O1. The topological polar surface area (TPSA) is 38.5 Å². The average Bonchev–Trinajstić information content (AvgIpc) is 2.41. The largest absolute Gasteiger partial charge is 0.484 e. The Labute approximate surface area is 124 Å². The first kappa shape index (κ1) is 13.7. The van der Waals surface area contributed by atoms with Gasteiger partial charge in [0, 0.05) is 12.2 Å². The van der Waals surface area contributed by atoms with Gasteiger partial charge in [-0.15, -0.1) is 0 Å². The number of nitrogens with zero attached hydrogens (tertiary/aromatic N) is 1. The Hall–Kier alpha value is -2.23. The van der Waals surface area contributed by atoms with Gasteiger partial charge in [-0.05, 0) is 49.7 Å². The average molecular weight is 286 g/mol. The van der Waals surface area contributed by atoms with Crippen molar-refractivity contribution in [3.63, 3.8) is 0 Å². The molecule has 0 aliphatic carbocycles. The Bertz CT molecular complexity index is 652. The molecule has 0 saturated carbocycles. The number of fused-ring (bicyclic) bond motifs is 1. The molecular weight excluding hydrogens is 267 g/mol. The molecular formula is C17H19FN2O. The van der Waals surface area contributed by atoms with Gasteiger partial charge in [-0.25, -0.2) is 4.39 Å². The molecule has 0 amide bonds. The number of rotatable bonds is 2. The Morgan fingerprint density at radius 3 is 2.62 bits per heavy atom. The van der Waals surface area contributed by atoms with Crippen LogP contribution in [0.5, 0.6) is 5.75 Å². The Morgan fingerprint density at radius 2 is 1.90 bits per heavy atom. The number of nitrogens with two attached hydrogens (primary N) is 1. The number of ether oxygens (including phenoxy) is 1. The standard InChI is InChI=1S/C17H19FN2O/c1-17(2)11-20(10-12-3-5-13(18)6-4-12)15-9-14(19)7-8-16(15)21-17/h3-9H,10-11,19H2,1-2H3. The Morgan fingerprint density at radius 1 is 1.19 bits per heavy atom. The second-order valence-electron chi connectivity index (χ2n) is 6.07. The lowest BCUT2D eigenvalue weighted by Crippen LogP contribution is -2.46. The zero-order valence-corrected chi connectivity index (χ0v) is 12.3. The Kier molecular flexibility index (Phi) is 3.24. The maximum absolute atomic E-state index is 13.0. The molecule has 2 aromatic rings. The molecule has 0 unspecified atom stereocenters. The summed E-state index contributed by atoms with van der Waals surface area (Å²) in [7, 11) is 0. The van der Waals surface area contributed by atoms with Crippen LogP contribution in [-0.4, -0.2) is 12.1 Å². The normalized spacial score (nSPS) is 16.2. The van der Waals surface area contributed by atoms with Crippen LogP contribution in [0.15, 0.2) is 42.5 Å². The molecule has 21 heavy (non-hydrogen) atoms. The maximum atomic E-state index is 13.0. The Balaban J connectivity index is 1.94. The summed E-state index contributed by atoms with van der Waals surface area (Å²) in [5, 5.41) is 0. The van der Waals surface area contributed by atoms with Crippen LogP contribution >= 0.6 is 0 Å². The van der Waals surface area contributed by atoms with Gasteiger partial charge in [0.25, 0.3) is 0 Å². The fraction of sp³-hybridized carbons (Fsp3) is 0.294. The van der Waals surface area contributed by atoms with Crippen molar-refractivity contribution in [3.05, 3.63) is 53.8 Å². The van der Waals surface area contributed by atoms with Crippen molar-refractivity contribution < 1.29 is 9.13 Å². The van der Waals surface area contributed by atoms with E-state index in [1.165, 1.54) is 12.1 Å². The van der Waals surface area contributed by atoms with E-state index in [2.05, 4.69) is 18.7 Å². The molecule has 4 heteroatoms. The molecule has 0 fully saturated rings. The van der Waals surface area contributed by atoms with Gasteiger partial charge >= 0.3 is 0 Å². The zero-order chi connectivity index (χ0) is 15.0. The molecule has 0 bridgehead atoms. The number of hydrogen-bond acceptors (Lipinski definition) is 3. The molecule has 2 aromatic carbocycles. The van der Waals surface area contributed by atoms with Crippen molar-refractivity contribution in [2.24, 2.45) is 0 Å². The predicted octanol–water partition coefficient (Wildman–Crippen LogP) is 3.59. The van der Waals surface area contributed by atoms with Crippen LogP contribution in [0, 0.1) is 5.82 Å². The van der Waals surface area contributed by atoms with Gasteiger partial charge in [-0.2, -0.15) is 0 Å². The summed E-state index contributed by atoms with van der Waals surface area (Å²) in [5.41, 5.74) is 8.37. The van der Waals surface area contributed by atoms with E-state index in [9.17, 15) is 4.39 Å². The third-order valence-electron chi connectivity index (χ3n) is 3.57. The lowest BCUT2D eigenvalue weighted by Gasteiger charge is -2.41. The van der Waals surface area contributed by atoms with Gasteiger partial charge in [-0.3, -0.25) is 0 Å². The molecule has 3 rings (SSSR count). The first-order valence-corrected chi connectivity index (χ1v) is 7.01. The van der Waals surface area contributed by atoms with Crippen LogP contribution in [0.2, 0.25) is 0 Å². The van der Waals surface area contributed by atoms with Crippen molar-refractivity contribution >= 4 is 11.4 Å². The van der Waals surface area contributed by atoms with Crippen molar-refractivity contribution in [1.29, 1.82) is 0 Å². The molecule has 3 nitrogen and oxygen atoms in total. The summed E-state index contributed by atoms with van der Waals surface area (Å²) in [6, 6.07) is 12.3. The molecule has 2 N–H and O–H groups in total. The molecule has 110 valence electrons. The van der Waals surface area contributed by atoms with E-state index in [1.807, 2.05) is 30.3 Å². The smallest absolute Gasteiger partial charge is 0.143 e. The summed E-state index contributed by atoms with van der Waals surface area (Å²) < 4.78 is 19.0. The first-order valence-electron chi connectivity index (χ1n) is 7.01. The third kappa shape index (κ3) is 2.94. The van der Waals surface area contributed by atoms with Gasteiger partial charge in [0.1, 0.15) is 17.2 Å².